The van der Waals surface area contributed by atoms with E-state index in [1.54, 1.807) is 0 Å². The standard InChI is InChI=1S/C5H8N2O3/c6-3-4(8)7-1-2-10-5(7)9/h1-3,6H2. The van der Waals surface area contributed by atoms with Crippen LogP contribution in [0.2, 0.25) is 0 Å². The molecule has 1 fully saturated rings. The Kier molecular flexibility index (Phi) is 1.86. The molecule has 0 spiro atoms. The maximum Gasteiger partial charge on any atom is 0.416 e. The highest BCUT2D eigenvalue weighted by atomic mass is 16.6. The van der Waals surface area contributed by atoms with Crippen LogP contribution in [0.3, 0.4) is 0 Å². The summed E-state index contributed by atoms with van der Waals surface area (Å²) in [6.45, 7) is 0.467. The highest BCUT2D eigenvalue weighted by Crippen LogP contribution is 2.01. The molecule has 1 heterocycles. The molecule has 5 heteroatoms. The molecule has 1 aliphatic rings. The van der Waals surface area contributed by atoms with E-state index >= 15 is 0 Å². The lowest BCUT2D eigenvalue weighted by Crippen LogP contribution is -2.36. The van der Waals surface area contributed by atoms with E-state index in [-0.39, 0.29) is 19.1 Å². The lowest BCUT2D eigenvalue weighted by molar-refractivity contribution is -0.126. The Balaban J connectivity index is 2.55. The number of rotatable bonds is 1. The monoisotopic (exact) mass is 144 g/mol. The predicted molar refractivity (Wildman–Crippen MR) is 32.1 cm³/mol. The van der Waals surface area contributed by atoms with E-state index in [9.17, 15) is 9.59 Å². The number of hydrogen-bond donors (Lipinski definition) is 1. The number of hydrogen-bond acceptors (Lipinski definition) is 4. The van der Waals surface area contributed by atoms with Crippen LogP contribution >= 0.6 is 0 Å². The fraction of sp³-hybridized carbons (Fsp3) is 0.600. The third-order valence-corrected chi connectivity index (χ3v) is 1.24. The first-order valence-corrected chi connectivity index (χ1v) is 2.93. The molecule has 1 aliphatic heterocycles. The molecule has 5 nitrogen and oxygen atoms in total. The maximum absolute atomic E-state index is 10.7. The molecule has 0 aliphatic carbocycles. The van der Waals surface area contributed by atoms with E-state index in [4.69, 9.17) is 5.73 Å². The lowest BCUT2D eigenvalue weighted by atomic mass is 10.5. The molecule has 2 N–H and O–H groups in total. The number of nitrogens with zero attached hydrogens (tertiary/aromatic N) is 1. The minimum Gasteiger partial charge on any atom is -0.447 e. The van der Waals surface area contributed by atoms with Crippen molar-refractivity contribution >= 4 is 12.0 Å². The van der Waals surface area contributed by atoms with Gasteiger partial charge in [-0.15, -0.1) is 0 Å². The largest absolute Gasteiger partial charge is 0.447 e. The Morgan fingerprint density at radius 1 is 1.80 bits per heavy atom. The lowest BCUT2D eigenvalue weighted by Gasteiger charge is -2.06. The van der Waals surface area contributed by atoms with Crippen LogP contribution in [0.4, 0.5) is 4.79 Å². The zero-order chi connectivity index (χ0) is 7.56. The van der Waals surface area contributed by atoms with Crippen molar-refractivity contribution in [3.63, 3.8) is 0 Å². The van der Waals surface area contributed by atoms with Gasteiger partial charge in [0.1, 0.15) is 6.61 Å². The van der Waals surface area contributed by atoms with Gasteiger partial charge in [-0.3, -0.25) is 4.79 Å². The van der Waals surface area contributed by atoms with Gasteiger partial charge < -0.3 is 10.5 Å². The van der Waals surface area contributed by atoms with Crippen molar-refractivity contribution in [2.75, 3.05) is 19.7 Å². The van der Waals surface area contributed by atoms with Crippen molar-refractivity contribution in [1.82, 2.24) is 4.90 Å². The highest BCUT2D eigenvalue weighted by Gasteiger charge is 2.26. The van der Waals surface area contributed by atoms with E-state index in [0.29, 0.717) is 6.54 Å². The zero-order valence-corrected chi connectivity index (χ0v) is 5.37. The summed E-state index contributed by atoms with van der Waals surface area (Å²) in [6, 6.07) is 0. The van der Waals surface area contributed by atoms with Crippen LogP contribution in [0, 0.1) is 0 Å². The van der Waals surface area contributed by atoms with Gasteiger partial charge in [-0.1, -0.05) is 0 Å². The van der Waals surface area contributed by atoms with Gasteiger partial charge in [0.2, 0.25) is 5.91 Å². The Morgan fingerprint density at radius 2 is 2.50 bits per heavy atom. The second-order valence-electron chi connectivity index (χ2n) is 1.86. The Labute approximate surface area is 57.7 Å². The summed E-state index contributed by atoms with van der Waals surface area (Å²) in [6.07, 6.45) is -0.588. The number of amides is 2. The molecule has 1 saturated heterocycles. The minimum absolute atomic E-state index is 0.144. The van der Waals surface area contributed by atoms with Crippen molar-refractivity contribution in [3.05, 3.63) is 0 Å². The van der Waals surface area contributed by atoms with Crippen LogP contribution in [0.15, 0.2) is 0 Å². The zero-order valence-electron chi connectivity index (χ0n) is 5.37. The third kappa shape index (κ3) is 1.08. The molecule has 0 aromatic rings. The molecule has 56 valence electrons. The summed E-state index contributed by atoms with van der Waals surface area (Å²) < 4.78 is 4.50. The average Bonchev–Trinajstić information content (AvgIpc) is 2.34. The fourth-order valence-corrected chi connectivity index (χ4v) is 0.730. The van der Waals surface area contributed by atoms with Crippen molar-refractivity contribution in [3.8, 4) is 0 Å². The van der Waals surface area contributed by atoms with Gasteiger partial charge in [-0.25, -0.2) is 9.69 Å². The topological polar surface area (TPSA) is 72.6 Å². The van der Waals surface area contributed by atoms with E-state index in [2.05, 4.69) is 4.74 Å². The van der Waals surface area contributed by atoms with Gasteiger partial charge in [0.25, 0.3) is 0 Å². The van der Waals surface area contributed by atoms with Crippen LogP contribution in [0.25, 0.3) is 0 Å². The third-order valence-electron chi connectivity index (χ3n) is 1.24. The summed E-state index contributed by atoms with van der Waals surface area (Å²) >= 11 is 0. The molecule has 0 bridgehead atoms. The van der Waals surface area contributed by atoms with Gasteiger partial charge in [0.05, 0.1) is 13.1 Å². The Bertz CT molecular complexity index is 168. The average molecular weight is 144 g/mol. The van der Waals surface area contributed by atoms with Gasteiger partial charge in [0, 0.05) is 0 Å². The summed E-state index contributed by atoms with van der Waals surface area (Å²) in [5.74, 6) is -0.387. The number of nitrogens with two attached hydrogens (primary N) is 1. The molecular formula is C5H8N2O3. The van der Waals surface area contributed by atoms with E-state index < -0.39 is 6.09 Å². The molecule has 1 rings (SSSR count). The van der Waals surface area contributed by atoms with Crippen LogP contribution in [-0.2, 0) is 9.53 Å². The first-order chi connectivity index (χ1) is 4.75. The van der Waals surface area contributed by atoms with E-state index in [0.717, 1.165) is 4.90 Å². The fourth-order valence-electron chi connectivity index (χ4n) is 0.730. The summed E-state index contributed by atoms with van der Waals surface area (Å²) in [5, 5.41) is 0. The van der Waals surface area contributed by atoms with Crippen molar-refractivity contribution in [2.24, 2.45) is 5.73 Å². The van der Waals surface area contributed by atoms with Crippen LogP contribution in [-0.4, -0.2) is 36.6 Å². The normalized spacial score (nSPS) is 17.3. The van der Waals surface area contributed by atoms with Gasteiger partial charge >= 0.3 is 6.09 Å². The van der Waals surface area contributed by atoms with Gasteiger partial charge in [-0.2, -0.15) is 0 Å². The molecule has 2 amide bonds. The predicted octanol–water partition coefficient (Wildman–Crippen LogP) is -1.08. The molecule has 0 unspecified atom stereocenters. The number of carbonyl (C=O) groups is 2. The van der Waals surface area contributed by atoms with Gasteiger partial charge in [0.15, 0.2) is 0 Å². The first kappa shape index (κ1) is 7.01. The SMILES string of the molecule is NCC(=O)N1CCOC1=O. The maximum atomic E-state index is 10.7. The number of cyclic esters (lactones) is 1. The molecule has 0 atom stereocenters. The summed E-state index contributed by atoms with van der Waals surface area (Å²) in [4.78, 5) is 22.3. The number of carbonyl (C=O) groups excluding carboxylic acids is 2. The Morgan fingerprint density at radius 3 is 2.90 bits per heavy atom. The van der Waals surface area contributed by atoms with E-state index in [1.807, 2.05) is 0 Å². The molecule has 0 aromatic heterocycles. The molecule has 0 saturated carbocycles. The highest BCUT2D eigenvalue weighted by molar-refractivity contribution is 5.93. The van der Waals surface area contributed by atoms with Crippen LogP contribution in [0.1, 0.15) is 0 Å². The Hall–Kier alpha value is -1.10. The molecule has 0 radical (unpaired) electrons. The van der Waals surface area contributed by atoms with Crippen molar-refractivity contribution in [1.29, 1.82) is 0 Å². The second kappa shape index (κ2) is 2.66. The smallest absolute Gasteiger partial charge is 0.416 e. The van der Waals surface area contributed by atoms with Crippen LogP contribution in [0.5, 0.6) is 0 Å². The summed E-state index contributed by atoms with van der Waals surface area (Å²) in [5.41, 5.74) is 5.02. The molecule has 0 aromatic carbocycles. The van der Waals surface area contributed by atoms with Crippen molar-refractivity contribution < 1.29 is 14.3 Å². The van der Waals surface area contributed by atoms with Crippen LogP contribution < -0.4 is 5.73 Å². The molecular weight excluding hydrogens is 136 g/mol. The van der Waals surface area contributed by atoms with Crippen molar-refractivity contribution in [2.45, 2.75) is 0 Å². The number of ether oxygens (including phenoxy) is 1. The minimum atomic E-state index is -0.588. The number of imide groups is 1. The quantitative estimate of drug-likeness (QED) is 0.508. The van der Waals surface area contributed by atoms with Gasteiger partial charge in [-0.05, 0) is 0 Å². The first-order valence-electron chi connectivity index (χ1n) is 2.93. The summed E-state index contributed by atoms with van der Waals surface area (Å²) in [7, 11) is 0. The second-order valence-corrected chi connectivity index (χ2v) is 1.86. The molecule has 10 heavy (non-hydrogen) atoms. The van der Waals surface area contributed by atoms with E-state index in [1.165, 1.54) is 0 Å².